The second kappa shape index (κ2) is 14.4. The Morgan fingerprint density at radius 1 is 0.788 bits per heavy atom. The van der Waals surface area contributed by atoms with Crippen molar-refractivity contribution in [2.75, 3.05) is 57.8 Å². The molecule has 0 radical (unpaired) electrons. The number of halogens is 1. The molecule has 0 amide bonds. The van der Waals surface area contributed by atoms with Gasteiger partial charge in [-0.3, -0.25) is 25.1 Å². The fraction of sp³-hybridized carbons (Fsp3) is 0.455. The van der Waals surface area contributed by atoms with Crippen LogP contribution in [0.1, 0.15) is 6.92 Å². The Morgan fingerprint density at radius 2 is 1.21 bits per heavy atom. The fourth-order valence-electron chi connectivity index (χ4n) is 3.11. The van der Waals surface area contributed by atoms with E-state index in [2.05, 4.69) is 32.7 Å². The van der Waals surface area contributed by atoms with Crippen LogP contribution in [0.25, 0.3) is 0 Å². The maximum absolute atomic E-state index is 10.5. The molecule has 0 N–H and O–H groups in total. The predicted molar refractivity (Wildman–Crippen MR) is 130 cm³/mol. The number of ether oxygens (including phenoxy) is 2. The molecule has 1 heterocycles. The largest absolute Gasteiger partial charge is 0.493 e. The normalized spacial score (nSPS) is 14.1. The van der Waals surface area contributed by atoms with Gasteiger partial charge in [0, 0.05) is 62.3 Å². The molecule has 0 aliphatic carbocycles. The third kappa shape index (κ3) is 9.72. The summed E-state index contributed by atoms with van der Waals surface area (Å²) in [6.07, 6.45) is 0. The summed E-state index contributed by atoms with van der Waals surface area (Å²) in [5.41, 5.74) is 0.166. The van der Waals surface area contributed by atoms with Crippen LogP contribution in [0, 0.1) is 20.2 Å². The summed E-state index contributed by atoms with van der Waals surface area (Å²) in [5.74, 6) is 1.33. The first-order chi connectivity index (χ1) is 15.9. The lowest BCUT2D eigenvalue weighted by Crippen LogP contribution is -2.47. The van der Waals surface area contributed by atoms with Crippen LogP contribution in [0.5, 0.6) is 11.5 Å². The van der Waals surface area contributed by atoms with Crippen LogP contribution in [-0.2, 0) is 0 Å². The molecule has 2 aromatic rings. The van der Waals surface area contributed by atoms with Gasteiger partial charge in [0.2, 0.25) is 0 Å². The van der Waals surface area contributed by atoms with E-state index < -0.39 is 9.85 Å². The Kier molecular flexibility index (Phi) is 11.6. The standard InChI is InChI=1S/C14H21N3O3.C8H8BrNO3/c1-2-15-7-9-16(10-8-15)11-12-20-14-5-3-13(4-6-14)17(18)19;9-5-6-13-8-3-1-7(2-4-8)10(11)12/h3-6H,2,7-12H2,1H3;1-4H,5-6H2. The van der Waals surface area contributed by atoms with Gasteiger partial charge in [-0.25, -0.2) is 0 Å². The number of alkyl halides is 1. The monoisotopic (exact) mass is 524 g/mol. The van der Waals surface area contributed by atoms with E-state index >= 15 is 0 Å². The lowest BCUT2D eigenvalue weighted by Gasteiger charge is -2.33. The number of nitro groups is 2. The topological polar surface area (TPSA) is 111 Å². The molecule has 0 bridgehead atoms. The van der Waals surface area contributed by atoms with E-state index in [1.807, 2.05) is 0 Å². The van der Waals surface area contributed by atoms with Crippen molar-refractivity contribution in [1.29, 1.82) is 0 Å². The highest BCUT2D eigenvalue weighted by Gasteiger charge is 2.15. The maximum atomic E-state index is 10.5. The lowest BCUT2D eigenvalue weighted by atomic mass is 10.3. The Bertz CT molecular complexity index is 858. The first-order valence-corrected chi connectivity index (χ1v) is 11.8. The van der Waals surface area contributed by atoms with E-state index in [9.17, 15) is 20.2 Å². The lowest BCUT2D eigenvalue weighted by molar-refractivity contribution is -0.385. The molecule has 0 atom stereocenters. The van der Waals surface area contributed by atoms with E-state index in [0.717, 1.165) is 44.6 Å². The van der Waals surface area contributed by atoms with Gasteiger partial charge < -0.3 is 14.4 Å². The van der Waals surface area contributed by atoms with Crippen molar-refractivity contribution in [3.8, 4) is 11.5 Å². The number of hydrogen-bond acceptors (Lipinski definition) is 8. The molecule has 0 aromatic heterocycles. The van der Waals surface area contributed by atoms with Crippen molar-refractivity contribution in [2.45, 2.75) is 6.92 Å². The van der Waals surface area contributed by atoms with Gasteiger partial charge in [-0.15, -0.1) is 0 Å². The van der Waals surface area contributed by atoms with Gasteiger partial charge in [-0.05, 0) is 30.8 Å². The Hall–Kier alpha value is -2.76. The smallest absolute Gasteiger partial charge is 0.269 e. The second-order valence-electron chi connectivity index (χ2n) is 7.16. The highest BCUT2D eigenvalue weighted by molar-refractivity contribution is 9.09. The van der Waals surface area contributed by atoms with E-state index in [-0.39, 0.29) is 11.4 Å². The molecule has 1 saturated heterocycles. The minimum atomic E-state index is -0.436. The van der Waals surface area contributed by atoms with Crippen molar-refractivity contribution in [1.82, 2.24) is 9.80 Å². The van der Waals surface area contributed by atoms with E-state index in [1.54, 1.807) is 24.3 Å². The zero-order valence-corrected chi connectivity index (χ0v) is 20.2. The molecule has 1 aliphatic rings. The van der Waals surface area contributed by atoms with Gasteiger partial charge in [0.1, 0.15) is 18.1 Å². The number of rotatable bonds is 10. The molecular weight excluding hydrogens is 496 g/mol. The van der Waals surface area contributed by atoms with Crippen LogP contribution < -0.4 is 9.47 Å². The fourth-order valence-corrected chi connectivity index (χ4v) is 3.27. The van der Waals surface area contributed by atoms with Crippen molar-refractivity contribution in [2.24, 2.45) is 0 Å². The first kappa shape index (κ1) is 26.5. The summed E-state index contributed by atoms with van der Waals surface area (Å²) in [7, 11) is 0. The maximum Gasteiger partial charge on any atom is 0.269 e. The highest BCUT2D eigenvalue weighted by atomic mass is 79.9. The van der Waals surface area contributed by atoms with E-state index in [0.29, 0.717) is 24.7 Å². The summed E-state index contributed by atoms with van der Waals surface area (Å²) in [6.45, 7) is 9.77. The summed E-state index contributed by atoms with van der Waals surface area (Å²) in [5, 5.41) is 21.6. The Labute approximate surface area is 201 Å². The molecule has 0 spiro atoms. The van der Waals surface area contributed by atoms with Gasteiger partial charge in [0.25, 0.3) is 11.4 Å². The van der Waals surface area contributed by atoms with Crippen LogP contribution in [0.4, 0.5) is 11.4 Å². The molecule has 180 valence electrons. The number of likely N-dealkylation sites (N-methyl/N-ethyl adjacent to an activating group) is 1. The van der Waals surface area contributed by atoms with Gasteiger partial charge in [-0.2, -0.15) is 0 Å². The third-order valence-corrected chi connectivity index (χ3v) is 5.35. The molecule has 1 aliphatic heterocycles. The second-order valence-corrected chi connectivity index (χ2v) is 7.96. The molecule has 33 heavy (non-hydrogen) atoms. The molecule has 3 rings (SSSR count). The van der Waals surface area contributed by atoms with E-state index in [1.165, 1.54) is 24.3 Å². The zero-order chi connectivity index (χ0) is 24.1. The first-order valence-electron chi connectivity index (χ1n) is 10.7. The van der Waals surface area contributed by atoms with Gasteiger partial charge >= 0.3 is 0 Å². The van der Waals surface area contributed by atoms with Crippen LogP contribution in [0.2, 0.25) is 0 Å². The van der Waals surface area contributed by atoms with E-state index in [4.69, 9.17) is 9.47 Å². The Morgan fingerprint density at radius 3 is 1.61 bits per heavy atom. The van der Waals surface area contributed by atoms with Crippen molar-refractivity contribution < 1.29 is 19.3 Å². The van der Waals surface area contributed by atoms with Crippen LogP contribution >= 0.6 is 15.9 Å². The van der Waals surface area contributed by atoms with Crippen LogP contribution in [0.15, 0.2) is 48.5 Å². The summed E-state index contributed by atoms with van der Waals surface area (Å²) in [6, 6.07) is 12.2. The molecule has 11 heteroatoms. The molecular formula is C22H29BrN4O6. The molecule has 10 nitrogen and oxygen atoms in total. The van der Waals surface area contributed by atoms with Gasteiger partial charge in [0.15, 0.2) is 0 Å². The average molecular weight is 525 g/mol. The summed E-state index contributed by atoms with van der Waals surface area (Å²) in [4.78, 5) is 24.8. The number of non-ortho nitro benzene ring substituents is 2. The van der Waals surface area contributed by atoms with Crippen molar-refractivity contribution in [3.63, 3.8) is 0 Å². The third-order valence-electron chi connectivity index (χ3n) is 5.03. The molecule has 2 aromatic carbocycles. The predicted octanol–water partition coefficient (Wildman–Crippen LogP) is 3.98. The number of piperazine rings is 1. The van der Waals surface area contributed by atoms with Crippen LogP contribution in [-0.4, -0.2) is 77.5 Å². The average Bonchev–Trinajstić information content (AvgIpc) is 2.84. The zero-order valence-electron chi connectivity index (χ0n) is 18.6. The van der Waals surface area contributed by atoms with Gasteiger partial charge in [-0.1, -0.05) is 22.9 Å². The minimum Gasteiger partial charge on any atom is -0.493 e. The summed E-state index contributed by atoms with van der Waals surface area (Å²) >= 11 is 3.21. The number of nitrogens with zero attached hydrogens (tertiary/aromatic N) is 4. The molecule has 1 fully saturated rings. The number of hydrogen-bond donors (Lipinski definition) is 0. The summed E-state index contributed by atoms with van der Waals surface area (Å²) < 4.78 is 10.8. The van der Waals surface area contributed by atoms with Crippen molar-refractivity contribution >= 4 is 27.3 Å². The molecule has 0 unspecified atom stereocenters. The number of nitro benzene ring substituents is 2. The van der Waals surface area contributed by atoms with Crippen molar-refractivity contribution in [3.05, 3.63) is 68.8 Å². The quantitative estimate of drug-likeness (QED) is 0.260. The highest BCUT2D eigenvalue weighted by Crippen LogP contribution is 2.18. The van der Waals surface area contributed by atoms with Gasteiger partial charge in [0.05, 0.1) is 16.5 Å². The Balaban J connectivity index is 0.000000257. The minimum absolute atomic E-state index is 0.0752. The number of benzene rings is 2. The van der Waals surface area contributed by atoms with Crippen LogP contribution in [0.3, 0.4) is 0 Å². The SMILES string of the molecule is CCN1CCN(CCOc2ccc([N+](=O)[O-])cc2)CC1.O=[N+]([O-])c1ccc(OCCBr)cc1. The molecule has 0 saturated carbocycles.